The average Bonchev–Trinajstić information content (AvgIpc) is 2.79. The van der Waals surface area contributed by atoms with Crippen LogP contribution < -0.4 is 0 Å². The summed E-state index contributed by atoms with van der Waals surface area (Å²) in [6.45, 7) is 7.01. The maximum absolute atomic E-state index is 12.0. The number of aliphatic carboxylic acids is 1. The maximum atomic E-state index is 12.0. The first-order chi connectivity index (χ1) is 10.2. The molecule has 2 aliphatic heterocycles. The minimum Gasteiger partial charge on any atom is -0.480 e. The lowest BCUT2D eigenvalue weighted by Gasteiger charge is -2.38. The van der Waals surface area contributed by atoms with Gasteiger partial charge in [0.25, 0.3) is 0 Å². The molecule has 2 aliphatic rings. The zero-order valence-electron chi connectivity index (χ0n) is 13.5. The fourth-order valence-electron chi connectivity index (χ4n) is 3.19. The monoisotopic (exact) mass is 314 g/mol. The number of carboxylic acid groups (broad SMARTS) is 1. The Morgan fingerprint density at radius 1 is 1.18 bits per heavy atom. The number of carboxylic acids is 1. The molecule has 0 spiro atoms. The highest BCUT2D eigenvalue weighted by Crippen LogP contribution is 2.27. The molecule has 0 aromatic carbocycles. The Morgan fingerprint density at radius 2 is 1.77 bits per heavy atom. The van der Waals surface area contributed by atoms with Crippen molar-refractivity contribution < 1.29 is 24.5 Å². The zero-order chi connectivity index (χ0) is 16.5. The number of carbonyl (C=O) groups excluding carboxylic acids is 1. The number of likely N-dealkylation sites (tertiary alicyclic amines) is 2. The van der Waals surface area contributed by atoms with Gasteiger partial charge in [0.15, 0.2) is 0 Å². The van der Waals surface area contributed by atoms with Gasteiger partial charge < -0.3 is 19.8 Å². The first-order valence-corrected chi connectivity index (χ1v) is 7.82. The normalized spacial score (nSPS) is 27.9. The summed E-state index contributed by atoms with van der Waals surface area (Å²) >= 11 is 0. The highest BCUT2D eigenvalue weighted by atomic mass is 16.6. The van der Waals surface area contributed by atoms with Crippen LogP contribution in [-0.2, 0) is 9.53 Å². The lowest BCUT2D eigenvalue weighted by molar-refractivity contribution is -0.143. The number of aliphatic hydroxyl groups excluding tert-OH is 1. The number of ether oxygens (including phenoxy) is 1. The topological polar surface area (TPSA) is 90.3 Å². The number of carbonyl (C=O) groups is 2. The highest BCUT2D eigenvalue weighted by molar-refractivity contribution is 5.74. The highest BCUT2D eigenvalue weighted by Gasteiger charge is 2.41. The van der Waals surface area contributed by atoms with E-state index in [0.29, 0.717) is 32.5 Å². The van der Waals surface area contributed by atoms with E-state index in [4.69, 9.17) is 4.74 Å². The molecule has 0 saturated carbocycles. The van der Waals surface area contributed by atoms with E-state index in [2.05, 4.69) is 0 Å². The van der Waals surface area contributed by atoms with Gasteiger partial charge in [0, 0.05) is 32.1 Å². The number of hydrogen-bond acceptors (Lipinski definition) is 5. The molecule has 0 aliphatic carbocycles. The average molecular weight is 314 g/mol. The van der Waals surface area contributed by atoms with Gasteiger partial charge in [0.05, 0.1) is 6.10 Å². The molecule has 2 rings (SSSR count). The van der Waals surface area contributed by atoms with Crippen LogP contribution in [0.4, 0.5) is 4.79 Å². The quantitative estimate of drug-likeness (QED) is 0.787. The molecule has 0 radical (unpaired) electrons. The van der Waals surface area contributed by atoms with Crippen LogP contribution in [0.1, 0.15) is 40.0 Å². The second-order valence-electron chi connectivity index (χ2n) is 7.14. The van der Waals surface area contributed by atoms with Gasteiger partial charge in [-0.15, -0.1) is 0 Å². The smallest absolute Gasteiger partial charge is 0.410 e. The van der Waals surface area contributed by atoms with Crippen molar-refractivity contribution in [1.82, 2.24) is 9.80 Å². The minimum absolute atomic E-state index is 0.0944. The van der Waals surface area contributed by atoms with Crippen molar-refractivity contribution >= 4 is 12.1 Å². The third kappa shape index (κ3) is 4.10. The summed E-state index contributed by atoms with van der Waals surface area (Å²) in [7, 11) is 0. The number of piperidine rings is 1. The second-order valence-corrected chi connectivity index (χ2v) is 7.14. The number of aliphatic hydroxyl groups is 1. The van der Waals surface area contributed by atoms with Crippen molar-refractivity contribution in [2.75, 3.05) is 19.6 Å². The van der Waals surface area contributed by atoms with E-state index in [-0.39, 0.29) is 18.6 Å². The summed E-state index contributed by atoms with van der Waals surface area (Å²) in [5.74, 6) is -0.883. The van der Waals surface area contributed by atoms with Gasteiger partial charge in [-0.3, -0.25) is 9.69 Å². The van der Waals surface area contributed by atoms with Crippen molar-refractivity contribution in [2.24, 2.45) is 0 Å². The van der Waals surface area contributed by atoms with Gasteiger partial charge in [0.2, 0.25) is 0 Å². The first kappa shape index (κ1) is 17.0. The summed E-state index contributed by atoms with van der Waals surface area (Å²) in [5, 5.41) is 19.0. The first-order valence-electron chi connectivity index (χ1n) is 7.82. The van der Waals surface area contributed by atoms with Crippen molar-refractivity contribution in [3.8, 4) is 0 Å². The SMILES string of the molecule is CC(C)(C)OC(=O)N1CCC(N2CC(O)CC2C(=O)O)CC1. The Morgan fingerprint density at radius 3 is 2.27 bits per heavy atom. The van der Waals surface area contributed by atoms with Gasteiger partial charge in [-0.1, -0.05) is 0 Å². The van der Waals surface area contributed by atoms with Crippen LogP contribution >= 0.6 is 0 Å². The van der Waals surface area contributed by atoms with Crippen LogP contribution in [-0.4, -0.2) is 75.5 Å². The van der Waals surface area contributed by atoms with Crippen LogP contribution in [0.2, 0.25) is 0 Å². The van der Waals surface area contributed by atoms with Crippen molar-refractivity contribution in [3.05, 3.63) is 0 Å². The van der Waals surface area contributed by atoms with E-state index in [1.54, 1.807) is 4.90 Å². The van der Waals surface area contributed by atoms with E-state index in [9.17, 15) is 19.8 Å². The van der Waals surface area contributed by atoms with E-state index >= 15 is 0 Å². The number of rotatable bonds is 2. The number of β-amino-alcohol motifs (C(OH)–C–C–N with tert-alkyl or cyclic N) is 1. The van der Waals surface area contributed by atoms with Crippen LogP contribution in [0.15, 0.2) is 0 Å². The molecular formula is C15H26N2O5. The standard InChI is InChI=1S/C15H26N2O5/c1-15(2,3)22-14(21)16-6-4-10(5-7-16)17-9-11(18)8-12(17)13(19)20/h10-12,18H,4-9H2,1-3H3,(H,19,20). The maximum Gasteiger partial charge on any atom is 0.410 e. The van der Waals surface area contributed by atoms with E-state index < -0.39 is 23.7 Å². The molecule has 0 bridgehead atoms. The summed E-state index contributed by atoms with van der Waals surface area (Å²) in [5.41, 5.74) is -0.513. The van der Waals surface area contributed by atoms with Crippen LogP contribution in [0.25, 0.3) is 0 Å². The third-order valence-electron chi connectivity index (χ3n) is 4.19. The summed E-state index contributed by atoms with van der Waals surface area (Å²) in [6, 6.07) is -0.523. The van der Waals surface area contributed by atoms with Crippen molar-refractivity contribution in [1.29, 1.82) is 0 Å². The predicted octanol–water partition coefficient (Wildman–Crippen LogP) is 0.906. The molecule has 0 aromatic heterocycles. The van der Waals surface area contributed by atoms with E-state index in [0.717, 1.165) is 0 Å². The second kappa shape index (κ2) is 6.42. The summed E-state index contributed by atoms with van der Waals surface area (Å²) in [6.07, 6.45) is 0.791. The Bertz CT molecular complexity index is 426. The van der Waals surface area contributed by atoms with Crippen LogP contribution in [0.5, 0.6) is 0 Å². The third-order valence-corrected chi connectivity index (χ3v) is 4.19. The Kier molecular flexibility index (Phi) is 4.97. The molecule has 0 aromatic rings. The fraction of sp³-hybridized carbons (Fsp3) is 0.867. The molecule has 2 heterocycles. The number of hydrogen-bond donors (Lipinski definition) is 2. The lowest BCUT2D eigenvalue weighted by Crippen LogP contribution is -2.50. The molecule has 2 fully saturated rings. The van der Waals surface area contributed by atoms with Gasteiger partial charge in [-0.2, -0.15) is 0 Å². The summed E-state index contributed by atoms with van der Waals surface area (Å²) < 4.78 is 5.35. The Labute approximate surface area is 130 Å². The molecule has 2 saturated heterocycles. The van der Waals surface area contributed by atoms with Crippen molar-refractivity contribution in [2.45, 2.75) is 63.8 Å². The Balaban J connectivity index is 1.89. The molecule has 2 N–H and O–H groups in total. The van der Waals surface area contributed by atoms with Crippen LogP contribution in [0.3, 0.4) is 0 Å². The summed E-state index contributed by atoms with van der Waals surface area (Å²) in [4.78, 5) is 26.9. The molecule has 2 atom stereocenters. The Hall–Kier alpha value is -1.34. The molecule has 126 valence electrons. The molecule has 22 heavy (non-hydrogen) atoms. The largest absolute Gasteiger partial charge is 0.480 e. The van der Waals surface area contributed by atoms with Crippen molar-refractivity contribution in [3.63, 3.8) is 0 Å². The van der Waals surface area contributed by atoms with Gasteiger partial charge in [-0.05, 0) is 33.6 Å². The molecule has 7 heteroatoms. The minimum atomic E-state index is -0.883. The van der Waals surface area contributed by atoms with Crippen LogP contribution in [0, 0.1) is 0 Å². The van der Waals surface area contributed by atoms with E-state index in [1.165, 1.54) is 0 Å². The predicted molar refractivity (Wildman–Crippen MR) is 79.6 cm³/mol. The van der Waals surface area contributed by atoms with Gasteiger partial charge in [0.1, 0.15) is 11.6 Å². The fourth-order valence-corrected chi connectivity index (χ4v) is 3.19. The van der Waals surface area contributed by atoms with E-state index in [1.807, 2.05) is 25.7 Å². The number of amides is 1. The molecular weight excluding hydrogens is 288 g/mol. The lowest BCUT2D eigenvalue weighted by atomic mass is 10.0. The zero-order valence-corrected chi connectivity index (χ0v) is 13.5. The molecule has 1 amide bonds. The molecule has 7 nitrogen and oxygen atoms in total. The molecule has 2 unspecified atom stereocenters. The number of nitrogens with zero attached hydrogens (tertiary/aromatic N) is 2. The van der Waals surface area contributed by atoms with Gasteiger partial charge >= 0.3 is 12.1 Å². The van der Waals surface area contributed by atoms with Gasteiger partial charge in [-0.25, -0.2) is 4.79 Å².